The van der Waals surface area contributed by atoms with Gasteiger partial charge in [-0.05, 0) is 25.6 Å². The molecule has 1 aromatic rings. The second-order valence-electron chi connectivity index (χ2n) is 4.67. The van der Waals surface area contributed by atoms with Gasteiger partial charge in [0.05, 0.1) is 0 Å². The number of likely N-dealkylation sites (N-methyl/N-ethyl adjacent to an activating group) is 1. The monoisotopic (exact) mass is 220 g/mol. The van der Waals surface area contributed by atoms with Gasteiger partial charge in [-0.25, -0.2) is 4.98 Å². The quantitative estimate of drug-likeness (QED) is 0.801. The molecule has 2 N–H and O–H groups in total. The number of hydrogen-bond donors (Lipinski definition) is 1. The van der Waals surface area contributed by atoms with E-state index in [1.54, 1.807) is 0 Å². The summed E-state index contributed by atoms with van der Waals surface area (Å²) >= 11 is 0. The standard InChI is InChI=1S/C12H20N4/c1-10-8-15(2)5-6-16(10)9-11-3-4-12(13)14-7-11/h3-4,7,10H,5-6,8-9H2,1-2H3,(H2,13,14). The highest BCUT2D eigenvalue weighted by Gasteiger charge is 2.21. The molecule has 1 aliphatic heterocycles. The Labute approximate surface area is 97.1 Å². The van der Waals surface area contributed by atoms with E-state index in [0.29, 0.717) is 11.9 Å². The predicted octanol–water partition coefficient (Wildman–Crippen LogP) is 0.800. The van der Waals surface area contributed by atoms with Crippen molar-refractivity contribution in [2.45, 2.75) is 19.5 Å². The van der Waals surface area contributed by atoms with Crippen LogP contribution in [0, 0.1) is 0 Å². The lowest BCUT2D eigenvalue weighted by atomic mass is 10.1. The molecule has 4 heteroatoms. The van der Waals surface area contributed by atoms with E-state index in [9.17, 15) is 0 Å². The number of pyridine rings is 1. The van der Waals surface area contributed by atoms with Crippen LogP contribution in [-0.4, -0.2) is 47.5 Å². The maximum atomic E-state index is 5.57. The van der Waals surface area contributed by atoms with Crippen LogP contribution >= 0.6 is 0 Å². The number of aromatic nitrogens is 1. The van der Waals surface area contributed by atoms with Gasteiger partial charge in [-0.15, -0.1) is 0 Å². The Kier molecular flexibility index (Phi) is 3.41. The Morgan fingerprint density at radius 3 is 2.88 bits per heavy atom. The van der Waals surface area contributed by atoms with Gasteiger partial charge in [0.1, 0.15) is 5.82 Å². The van der Waals surface area contributed by atoms with Crippen LogP contribution in [0.15, 0.2) is 18.3 Å². The Morgan fingerprint density at radius 1 is 1.44 bits per heavy atom. The zero-order valence-electron chi connectivity index (χ0n) is 10.1. The second-order valence-corrected chi connectivity index (χ2v) is 4.67. The highest BCUT2D eigenvalue weighted by molar-refractivity contribution is 5.29. The van der Waals surface area contributed by atoms with E-state index < -0.39 is 0 Å². The van der Waals surface area contributed by atoms with Gasteiger partial charge in [-0.2, -0.15) is 0 Å². The van der Waals surface area contributed by atoms with Crippen LogP contribution in [-0.2, 0) is 6.54 Å². The summed E-state index contributed by atoms with van der Waals surface area (Å²) in [6, 6.07) is 4.54. The molecule has 16 heavy (non-hydrogen) atoms. The van der Waals surface area contributed by atoms with Gasteiger partial charge in [0.15, 0.2) is 0 Å². The first-order valence-corrected chi connectivity index (χ1v) is 5.78. The zero-order chi connectivity index (χ0) is 11.5. The van der Waals surface area contributed by atoms with E-state index in [1.807, 2.05) is 12.3 Å². The number of anilines is 1. The van der Waals surface area contributed by atoms with Crippen molar-refractivity contribution in [3.05, 3.63) is 23.9 Å². The third-order valence-corrected chi connectivity index (χ3v) is 3.20. The molecule has 0 radical (unpaired) electrons. The molecule has 1 atom stereocenters. The van der Waals surface area contributed by atoms with Crippen molar-refractivity contribution in [1.82, 2.24) is 14.8 Å². The molecule has 1 aliphatic rings. The third kappa shape index (κ3) is 2.71. The highest BCUT2D eigenvalue weighted by atomic mass is 15.3. The fourth-order valence-corrected chi connectivity index (χ4v) is 2.18. The van der Waals surface area contributed by atoms with Gasteiger partial charge in [0.25, 0.3) is 0 Å². The molecule has 1 fully saturated rings. The molecular formula is C12H20N4. The second kappa shape index (κ2) is 4.80. The van der Waals surface area contributed by atoms with E-state index in [1.165, 1.54) is 5.56 Å². The van der Waals surface area contributed by atoms with Crippen molar-refractivity contribution in [2.24, 2.45) is 0 Å². The van der Waals surface area contributed by atoms with Crippen LogP contribution in [0.4, 0.5) is 5.82 Å². The first-order chi connectivity index (χ1) is 7.65. The minimum Gasteiger partial charge on any atom is -0.384 e. The topological polar surface area (TPSA) is 45.4 Å². The normalized spacial score (nSPS) is 23.5. The Balaban J connectivity index is 1.96. The van der Waals surface area contributed by atoms with Crippen molar-refractivity contribution >= 4 is 5.82 Å². The molecular weight excluding hydrogens is 200 g/mol. The minimum atomic E-state index is 0.593. The summed E-state index contributed by atoms with van der Waals surface area (Å²) in [6.07, 6.45) is 1.88. The van der Waals surface area contributed by atoms with Crippen LogP contribution in [0.5, 0.6) is 0 Å². The Bertz CT molecular complexity index is 335. The summed E-state index contributed by atoms with van der Waals surface area (Å²) in [4.78, 5) is 9.00. The number of nitrogens with zero attached hydrogens (tertiary/aromatic N) is 3. The molecule has 1 saturated heterocycles. The van der Waals surface area contributed by atoms with Crippen LogP contribution in [0.2, 0.25) is 0 Å². The van der Waals surface area contributed by atoms with Gasteiger partial charge < -0.3 is 10.6 Å². The fraction of sp³-hybridized carbons (Fsp3) is 0.583. The summed E-state index contributed by atoms with van der Waals surface area (Å²) in [7, 11) is 2.18. The predicted molar refractivity (Wildman–Crippen MR) is 66.0 cm³/mol. The van der Waals surface area contributed by atoms with Crippen molar-refractivity contribution in [1.29, 1.82) is 0 Å². The lowest BCUT2D eigenvalue weighted by Crippen LogP contribution is -2.49. The minimum absolute atomic E-state index is 0.593. The van der Waals surface area contributed by atoms with Crippen LogP contribution in [0.3, 0.4) is 0 Å². The molecule has 4 nitrogen and oxygen atoms in total. The van der Waals surface area contributed by atoms with Crippen LogP contribution < -0.4 is 5.73 Å². The zero-order valence-corrected chi connectivity index (χ0v) is 10.1. The summed E-state index contributed by atoms with van der Waals surface area (Å²) in [5.74, 6) is 0.593. The summed E-state index contributed by atoms with van der Waals surface area (Å²) < 4.78 is 0. The molecule has 0 bridgehead atoms. The Hall–Kier alpha value is -1.13. The molecule has 88 valence electrons. The highest BCUT2D eigenvalue weighted by Crippen LogP contribution is 2.12. The van der Waals surface area contributed by atoms with Gasteiger partial charge in [0.2, 0.25) is 0 Å². The molecule has 0 saturated carbocycles. The van der Waals surface area contributed by atoms with E-state index in [2.05, 4.69) is 34.8 Å². The molecule has 2 rings (SSSR count). The molecule has 0 spiro atoms. The van der Waals surface area contributed by atoms with Gasteiger partial charge in [-0.3, -0.25) is 4.90 Å². The average molecular weight is 220 g/mol. The van der Waals surface area contributed by atoms with E-state index in [0.717, 1.165) is 26.2 Å². The largest absolute Gasteiger partial charge is 0.384 e. The number of nitrogen functional groups attached to an aromatic ring is 1. The van der Waals surface area contributed by atoms with Gasteiger partial charge in [-0.1, -0.05) is 6.07 Å². The van der Waals surface area contributed by atoms with Crippen molar-refractivity contribution < 1.29 is 0 Å². The first kappa shape index (κ1) is 11.4. The molecule has 2 heterocycles. The SMILES string of the molecule is CC1CN(C)CCN1Cc1ccc(N)nc1. The molecule has 0 amide bonds. The van der Waals surface area contributed by atoms with Crippen molar-refractivity contribution in [3.63, 3.8) is 0 Å². The number of rotatable bonds is 2. The van der Waals surface area contributed by atoms with E-state index in [4.69, 9.17) is 5.73 Å². The van der Waals surface area contributed by atoms with E-state index in [-0.39, 0.29) is 0 Å². The first-order valence-electron chi connectivity index (χ1n) is 5.78. The third-order valence-electron chi connectivity index (χ3n) is 3.20. The van der Waals surface area contributed by atoms with E-state index >= 15 is 0 Å². The van der Waals surface area contributed by atoms with Crippen molar-refractivity contribution in [2.75, 3.05) is 32.4 Å². The smallest absolute Gasteiger partial charge is 0.123 e. The number of hydrogen-bond acceptors (Lipinski definition) is 4. The molecule has 1 aromatic heterocycles. The maximum Gasteiger partial charge on any atom is 0.123 e. The summed E-state index contributed by atoms with van der Waals surface area (Å²) in [5, 5.41) is 0. The molecule has 0 aromatic carbocycles. The molecule has 0 aliphatic carbocycles. The van der Waals surface area contributed by atoms with Gasteiger partial charge in [0, 0.05) is 38.4 Å². The summed E-state index contributed by atoms with van der Waals surface area (Å²) in [5.41, 5.74) is 6.82. The van der Waals surface area contributed by atoms with Crippen molar-refractivity contribution in [3.8, 4) is 0 Å². The number of piperazine rings is 1. The Morgan fingerprint density at radius 2 is 2.25 bits per heavy atom. The maximum absolute atomic E-state index is 5.57. The molecule has 1 unspecified atom stereocenters. The average Bonchev–Trinajstić information content (AvgIpc) is 2.25. The van der Waals surface area contributed by atoms with Gasteiger partial charge >= 0.3 is 0 Å². The summed E-state index contributed by atoms with van der Waals surface area (Å²) in [6.45, 7) is 6.67. The fourth-order valence-electron chi connectivity index (χ4n) is 2.18. The number of nitrogens with two attached hydrogens (primary N) is 1. The van der Waals surface area contributed by atoms with Crippen LogP contribution in [0.1, 0.15) is 12.5 Å². The lowest BCUT2D eigenvalue weighted by molar-refractivity contribution is 0.0937. The lowest BCUT2D eigenvalue weighted by Gasteiger charge is -2.38. The van der Waals surface area contributed by atoms with Crippen LogP contribution in [0.25, 0.3) is 0 Å².